The van der Waals surface area contributed by atoms with Gasteiger partial charge in [0.25, 0.3) is 5.91 Å². The van der Waals surface area contributed by atoms with Gasteiger partial charge >= 0.3 is 0 Å². The summed E-state index contributed by atoms with van der Waals surface area (Å²) in [4.78, 5) is 15.1. The Bertz CT molecular complexity index is 793. The lowest BCUT2D eigenvalue weighted by Gasteiger charge is -2.34. The largest absolute Gasteiger partial charge is 0.399 e. The van der Waals surface area contributed by atoms with Gasteiger partial charge < -0.3 is 15.8 Å². The van der Waals surface area contributed by atoms with Crippen LogP contribution in [-0.2, 0) is 22.5 Å². The van der Waals surface area contributed by atoms with E-state index in [1.807, 2.05) is 30.3 Å². The Morgan fingerprint density at radius 3 is 2.93 bits per heavy atom. The summed E-state index contributed by atoms with van der Waals surface area (Å²) in [5.74, 6) is -0.0116. The van der Waals surface area contributed by atoms with Crippen LogP contribution in [0.4, 0.5) is 5.69 Å². The fraction of sp³-hybridized carbons (Fsp3) is 0.409. The summed E-state index contributed by atoms with van der Waals surface area (Å²) in [5, 5.41) is 3.22. The number of carbonyl (C=O) groups is 1. The highest BCUT2D eigenvalue weighted by atomic mass is 16.5. The summed E-state index contributed by atoms with van der Waals surface area (Å²) in [7, 11) is 0. The molecule has 2 aliphatic rings. The van der Waals surface area contributed by atoms with E-state index in [0.717, 1.165) is 38.0 Å². The van der Waals surface area contributed by atoms with E-state index < -0.39 is 6.10 Å². The minimum atomic E-state index is -0.415. The van der Waals surface area contributed by atoms with Crippen molar-refractivity contribution in [1.82, 2.24) is 10.2 Å². The minimum absolute atomic E-state index is 0.0116. The van der Waals surface area contributed by atoms with E-state index in [0.29, 0.717) is 13.2 Å². The van der Waals surface area contributed by atoms with Gasteiger partial charge in [-0.25, -0.2) is 0 Å². The Balaban J connectivity index is 1.38. The van der Waals surface area contributed by atoms with Crippen LogP contribution in [0.3, 0.4) is 0 Å². The standard InChI is InChI=1S/C22H27N3O2/c23-18-9-10-19-17(13-18)7-4-8-20(19)24-22(26)21-15-25(11-12-27-21)14-16-5-2-1-3-6-16/h1-3,5-6,9-10,13,20-21H,4,7-8,11-12,14-15,23H2,(H,24,26). The predicted molar refractivity (Wildman–Crippen MR) is 106 cm³/mol. The van der Waals surface area contributed by atoms with Crippen LogP contribution in [-0.4, -0.2) is 36.6 Å². The number of nitrogens with one attached hydrogen (secondary N) is 1. The molecule has 1 heterocycles. The molecule has 1 amide bonds. The summed E-state index contributed by atoms with van der Waals surface area (Å²) < 4.78 is 5.78. The maximum Gasteiger partial charge on any atom is 0.250 e. The number of benzene rings is 2. The van der Waals surface area contributed by atoms with Crippen molar-refractivity contribution in [3.63, 3.8) is 0 Å². The second-order valence-corrected chi connectivity index (χ2v) is 7.49. The Morgan fingerprint density at radius 1 is 1.22 bits per heavy atom. The molecule has 1 aliphatic heterocycles. The van der Waals surface area contributed by atoms with E-state index in [1.165, 1.54) is 16.7 Å². The first-order chi connectivity index (χ1) is 13.2. The number of nitrogens with zero attached hydrogens (tertiary/aromatic N) is 1. The first-order valence-corrected chi connectivity index (χ1v) is 9.75. The maximum absolute atomic E-state index is 12.9. The zero-order valence-electron chi connectivity index (χ0n) is 15.6. The third-order valence-electron chi connectivity index (χ3n) is 5.49. The van der Waals surface area contributed by atoms with Gasteiger partial charge in [-0.1, -0.05) is 36.4 Å². The zero-order chi connectivity index (χ0) is 18.6. The number of fused-ring (bicyclic) bond motifs is 1. The molecule has 2 aromatic carbocycles. The number of ether oxygens (including phenoxy) is 1. The lowest BCUT2D eigenvalue weighted by atomic mass is 9.87. The van der Waals surface area contributed by atoms with E-state index >= 15 is 0 Å². The molecule has 2 aromatic rings. The fourth-order valence-corrected chi connectivity index (χ4v) is 4.10. The van der Waals surface area contributed by atoms with Gasteiger partial charge in [0.15, 0.2) is 0 Å². The highest BCUT2D eigenvalue weighted by Crippen LogP contribution is 2.31. The number of nitrogens with two attached hydrogens (primary N) is 1. The monoisotopic (exact) mass is 365 g/mol. The average molecular weight is 365 g/mol. The highest BCUT2D eigenvalue weighted by molar-refractivity contribution is 5.81. The van der Waals surface area contributed by atoms with Gasteiger partial charge in [0.05, 0.1) is 12.6 Å². The Kier molecular flexibility index (Phi) is 5.41. The van der Waals surface area contributed by atoms with Crippen molar-refractivity contribution in [2.45, 2.75) is 38.0 Å². The van der Waals surface area contributed by atoms with Crippen molar-refractivity contribution < 1.29 is 9.53 Å². The van der Waals surface area contributed by atoms with Crippen molar-refractivity contribution in [2.75, 3.05) is 25.4 Å². The van der Waals surface area contributed by atoms with E-state index in [9.17, 15) is 4.79 Å². The van der Waals surface area contributed by atoms with E-state index in [4.69, 9.17) is 10.5 Å². The molecule has 1 fully saturated rings. The zero-order valence-corrected chi connectivity index (χ0v) is 15.6. The fourth-order valence-electron chi connectivity index (χ4n) is 4.10. The van der Waals surface area contributed by atoms with Gasteiger partial charge in [-0.05, 0) is 48.1 Å². The molecule has 1 saturated heterocycles. The molecule has 2 unspecified atom stereocenters. The molecule has 3 N–H and O–H groups in total. The normalized spacial score (nSPS) is 22.8. The van der Waals surface area contributed by atoms with Crippen LogP contribution in [0.2, 0.25) is 0 Å². The molecule has 0 radical (unpaired) electrons. The molecule has 1 aliphatic carbocycles. The smallest absolute Gasteiger partial charge is 0.250 e. The van der Waals surface area contributed by atoms with E-state index in [2.05, 4.69) is 28.4 Å². The Hall–Kier alpha value is -2.37. The van der Waals surface area contributed by atoms with Crippen molar-refractivity contribution >= 4 is 11.6 Å². The van der Waals surface area contributed by atoms with Crippen LogP contribution in [0.15, 0.2) is 48.5 Å². The van der Waals surface area contributed by atoms with Crippen molar-refractivity contribution in [1.29, 1.82) is 0 Å². The van der Waals surface area contributed by atoms with E-state index in [-0.39, 0.29) is 11.9 Å². The molecular formula is C22H27N3O2. The van der Waals surface area contributed by atoms with Crippen LogP contribution >= 0.6 is 0 Å². The third-order valence-corrected chi connectivity index (χ3v) is 5.49. The minimum Gasteiger partial charge on any atom is -0.399 e. The molecule has 5 heteroatoms. The maximum atomic E-state index is 12.9. The number of nitrogen functional groups attached to an aromatic ring is 1. The van der Waals surface area contributed by atoms with Crippen LogP contribution < -0.4 is 11.1 Å². The van der Waals surface area contributed by atoms with Crippen molar-refractivity contribution in [3.8, 4) is 0 Å². The number of anilines is 1. The van der Waals surface area contributed by atoms with Crippen LogP contribution in [0.25, 0.3) is 0 Å². The molecule has 5 nitrogen and oxygen atoms in total. The number of rotatable bonds is 4. The summed E-state index contributed by atoms with van der Waals surface area (Å²) in [6.07, 6.45) is 2.63. The number of carbonyl (C=O) groups excluding carboxylic acids is 1. The number of hydrogen-bond acceptors (Lipinski definition) is 4. The number of amides is 1. The molecule has 0 spiro atoms. The molecule has 2 atom stereocenters. The molecular weight excluding hydrogens is 338 g/mol. The molecule has 4 rings (SSSR count). The average Bonchev–Trinajstić information content (AvgIpc) is 2.69. The topological polar surface area (TPSA) is 67.6 Å². The summed E-state index contributed by atoms with van der Waals surface area (Å²) >= 11 is 0. The number of aryl methyl sites for hydroxylation is 1. The second-order valence-electron chi connectivity index (χ2n) is 7.49. The van der Waals surface area contributed by atoms with Crippen molar-refractivity contribution in [3.05, 3.63) is 65.2 Å². The molecule has 0 aromatic heterocycles. The molecule has 0 saturated carbocycles. The summed E-state index contributed by atoms with van der Waals surface area (Å²) in [6, 6.07) is 16.4. The van der Waals surface area contributed by atoms with Gasteiger partial charge in [-0.3, -0.25) is 9.69 Å². The van der Waals surface area contributed by atoms with Gasteiger partial charge in [0.2, 0.25) is 0 Å². The van der Waals surface area contributed by atoms with Gasteiger partial charge in [-0.15, -0.1) is 0 Å². The predicted octanol–water partition coefficient (Wildman–Crippen LogP) is 2.66. The second kappa shape index (κ2) is 8.11. The number of morpholine rings is 1. The van der Waals surface area contributed by atoms with E-state index in [1.54, 1.807) is 0 Å². The van der Waals surface area contributed by atoms with Crippen molar-refractivity contribution in [2.24, 2.45) is 0 Å². The lowest BCUT2D eigenvalue weighted by molar-refractivity contribution is -0.139. The summed E-state index contributed by atoms with van der Waals surface area (Å²) in [5.41, 5.74) is 10.4. The van der Waals surface area contributed by atoms with Crippen LogP contribution in [0.1, 0.15) is 35.6 Å². The quantitative estimate of drug-likeness (QED) is 0.818. The Morgan fingerprint density at radius 2 is 2.07 bits per heavy atom. The van der Waals surface area contributed by atoms with Gasteiger partial charge in [-0.2, -0.15) is 0 Å². The molecule has 27 heavy (non-hydrogen) atoms. The lowest BCUT2D eigenvalue weighted by Crippen LogP contribution is -2.50. The SMILES string of the molecule is Nc1ccc2c(c1)CCCC2NC(=O)C1CN(Cc2ccccc2)CCO1. The van der Waals surface area contributed by atoms with Gasteiger partial charge in [0, 0.05) is 25.3 Å². The first-order valence-electron chi connectivity index (χ1n) is 9.75. The highest BCUT2D eigenvalue weighted by Gasteiger charge is 2.30. The van der Waals surface area contributed by atoms with Gasteiger partial charge in [0.1, 0.15) is 6.10 Å². The Labute approximate surface area is 160 Å². The first kappa shape index (κ1) is 18.0. The van der Waals surface area contributed by atoms with Crippen LogP contribution in [0, 0.1) is 0 Å². The molecule has 0 bridgehead atoms. The molecule has 142 valence electrons. The third kappa shape index (κ3) is 4.31. The number of hydrogen-bond donors (Lipinski definition) is 2. The van der Waals surface area contributed by atoms with Crippen LogP contribution in [0.5, 0.6) is 0 Å². The summed E-state index contributed by atoms with van der Waals surface area (Å²) in [6.45, 7) is 2.91.